The highest BCUT2D eigenvalue weighted by Crippen LogP contribution is 2.31. The number of esters is 1. The Morgan fingerprint density at radius 3 is 2.59 bits per heavy atom. The van der Waals surface area contributed by atoms with E-state index in [4.69, 9.17) is 9.47 Å². The number of rotatable bonds is 8. The molecule has 1 amide bonds. The summed E-state index contributed by atoms with van der Waals surface area (Å²) >= 11 is 1.10. The first-order chi connectivity index (χ1) is 17.7. The van der Waals surface area contributed by atoms with Gasteiger partial charge in [0.25, 0.3) is 17.3 Å². The summed E-state index contributed by atoms with van der Waals surface area (Å²) in [4.78, 5) is 52.8. The van der Waals surface area contributed by atoms with Crippen LogP contribution < -0.4 is 10.2 Å². The molecule has 2 aromatic carbocycles. The van der Waals surface area contributed by atoms with Gasteiger partial charge in [-0.25, -0.2) is 9.78 Å². The summed E-state index contributed by atoms with van der Waals surface area (Å²) in [6.45, 7) is 3.22. The normalized spacial score (nSPS) is 14.0. The Labute approximate surface area is 213 Å². The largest absolute Gasteiger partial charge is 0.449 e. The van der Waals surface area contributed by atoms with Gasteiger partial charge in [0.2, 0.25) is 0 Å². The van der Waals surface area contributed by atoms with Crippen molar-refractivity contribution in [3.63, 3.8) is 0 Å². The van der Waals surface area contributed by atoms with Crippen LogP contribution in [0.1, 0.15) is 17.3 Å². The highest BCUT2D eigenvalue weighted by atomic mass is 32.1. The van der Waals surface area contributed by atoms with E-state index in [9.17, 15) is 29.8 Å². The minimum atomic E-state index is -1.23. The predicted molar refractivity (Wildman–Crippen MR) is 134 cm³/mol. The van der Waals surface area contributed by atoms with Gasteiger partial charge in [-0.15, -0.1) is 11.3 Å². The minimum Gasteiger partial charge on any atom is -0.449 e. The number of benzene rings is 2. The Balaban J connectivity index is 1.41. The lowest BCUT2D eigenvalue weighted by molar-refractivity contribution is -0.384. The van der Waals surface area contributed by atoms with Crippen LogP contribution in [0.3, 0.4) is 0 Å². The first-order valence-corrected chi connectivity index (χ1v) is 11.9. The molecule has 1 aliphatic rings. The Hall–Kier alpha value is -4.43. The van der Waals surface area contributed by atoms with E-state index in [1.807, 2.05) is 4.90 Å². The fraction of sp³-hybridized carbons (Fsp3) is 0.261. The zero-order valence-corrected chi connectivity index (χ0v) is 20.3. The number of nitro groups is 2. The fourth-order valence-corrected chi connectivity index (χ4v) is 4.32. The summed E-state index contributed by atoms with van der Waals surface area (Å²) in [7, 11) is 0. The first kappa shape index (κ1) is 25.7. The van der Waals surface area contributed by atoms with E-state index in [1.54, 1.807) is 11.4 Å². The third-order valence-corrected chi connectivity index (χ3v) is 6.26. The van der Waals surface area contributed by atoms with Gasteiger partial charge in [-0.3, -0.25) is 30.3 Å². The summed E-state index contributed by atoms with van der Waals surface area (Å²) in [5.41, 5.74) is 0.915. The first-order valence-electron chi connectivity index (χ1n) is 11.1. The van der Waals surface area contributed by atoms with Gasteiger partial charge in [-0.1, -0.05) is 12.1 Å². The monoisotopic (exact) mass is 527 g/mol. The summed E-state index contributed by atoms with van der Waals surface area (Å²) in [5, 5.41) is 27.0. The summed E-state index contributed by atoms with van der Waals surface area (Å²) in [6.07, 6.45) is -1.23. The smallest absolute Gasteiger partial charge is 0.339 e. The number of carbonyl (C=O) groups is 2. The molecule has 37 heavy (non-hydrogen) atoms. The van der Waals surface area contributed by atoms with E-state index in [2.05, 4.69) is 10.3 Å². The molecule has 0 bridgehead atoms. The third kappa shape index (κ3) is 6.05. The van der Waals surface area contributed by atoms with Crippen LogP contribution in [0.25, 0.3) is 11.3 Å². The van der Waals surface area contributed by atoms with Crippen molar-refractivity contribution in [2.45, 2.75) is 13.0 Å². The van der Waals surface area contributed by atoms with E-state index in [0.717, 1.165) is 17.4 Å². The van der Waals surface area contributed by atoms with Crippen molar-refractivity contribution in [1.29, 1.82) is 0 Å². The molecule has 1 saturated heterocycles. The van der Waals surface area contributed by atoms with Gasteiger partial charge in [0, 0.05) is 42.2 Å². The molecule has 0 aliphatic carbocycles. The van der Waals surface area contributed by atoms with Crippen molar-refractivity contribution in [2.24, 2.45) is 0 Å². The number of nitro benzene ring substituents is 2. The molecule has 1 fully saturated rings. The summed E-state index contributed by atoms with van der Waals surface area (Å²) in [6, 6.07) is 9.94. The van der Waals surface area contributed by atoms with Crippen LogP contribution >= 0.6 is 11.3 Å². The molecule has 0 unspecified atom stereocenters. The maximum Gasteiger partial charge on any atom is 0.339 e. The highest BCUT2D eigenvalue weighted by molar-refractivity contribution is 7.14. The molecule has 14 heteroatoms. The number of nitrogens with one attached hydrogen (secondary N) is 1. The predicted octanol–water partition coefficient (Wildman–Crippen LogP) is 3.65. The lowest BCUT2D eigenvalue weighted by Gasteiger charge is -2.28. The average Bonchev–Trinajstić information content (AvgIpc) is 3.37. The van der Waals surface area contributed by atoms with E-state index in [0.29, 0.717) is 43.2 Å². The number of thiazole rings is 1. The van der Waals surface area contributed by atoms with Gasteiger partial charge in [-0.05, 0) is 19.1 Å². The van der Waals surface area contributed by atoms with Crippen LogP contribution in [0.4, 0.5) is 22.2 Å². The quantitative estimate of drug-likeness (QED) is 0.259. The van der Waals surface area contributed by atoms with Crippen molar-refractivity contribution in [1.82, 2.24) is 4.98 Å². The number of nitrogens with zero attached hydrogens (tertiary/aromatic N) is 4. The lowest BCUT2D eigenvalue weighted by Crippen LogP contribution is -2.36. The number of amides is 1. The average molecular weight is 528 g/mol. The van der Waals surface area contributed by atoms with Gasteiger partial charge in [0.05, 0.1) is 34.3 Å². The molecule has 13 nitrogen and oxygen atoms in total. The zero-order valence-electron chi connectivity index (χ0n) is 19.5. The van der Waals surface area contributed by atoms with Gasteiger partial charge in [-0.2, -0.15) is 0 Å². The number of aromatic nitrogens is 1. The molecule has 4 rings (SSSR count). The van der Waals surface area contributed by atoms with E-state index < -0.39 is 27.8 Å². The van der Waals surface area contributed by atoms with Gasteiger partial charge in [0.1, 0.15) is 5.69 Å². The SMILES string of the molecule is C[C@H](OC(=O)c1ccc(N2CCOCC2)c([N+](=O)[O-])c1)C(=O)Nc1nc(-c2cccc([N+](=O)[O-])c2)cs1. The second kappa shape index (κ2) is 11.1. The van der Waals surface area contributed by atoms with Crippen LogP contribution in [0, 0.1) is 20.2 Å². The second-order valence-corrected chi connectivity index (χ2v) is 8.80. The Morgan fingerprint density at radius 2 is 1.89 bits per heavy atom. The second-order valence-electron chi connectivity index (χ2n) is 7.94. The molecule has 0 saturated carbocycles. The van der Waals surface area contributed by atoms with Crippen molar-refractivity contribution in [2.75, 3.05) is 36.5 Å². The number of ether oxygens (including phenoxy) is 2. The molecule has 1 atom stereocenters. The van der Waals surface area contributed by atoms with E-state index in [1.165, 1.54) is 37.3 Å². The Morgan fingerprint density at radius 1 is 1.14 bits per heavy atom. The van der Waals surface area contributed by atoms with Gasteiger partial charge < -0.3 is 14.4 Å². The molecular formula is C23H21N5O8S. The van der Waals surface area contributed by atoms with Gasteiger partial charge in [0.15, 0.2) is 11.2 Å². The van der Waals surface area contributed by atoms with Crippen molar-refractivity contribution >= 4 is 45.4 Å². The van der Waals surface area contributed by atoms with Crippen molar-refractivity contribution in [3.05, 3.63) is 73.6 Å². The van der Waals surface area contributed by atoms with Crippen LogP contribution in [-0.4, -0.2) is 59.1 Å². The third-order valence-electron chi connectivity index (χ3n) is 5.50. The molecule has 0 spiro atoms. The topological polar surface area (TPSA) is 167 Å². The van der Waals surface area contributed by atoms with Crippen LogP contribution in [-0.2, 0) is 14.3 Å². The Bertz CT molecular complexity index is 1350. The number of hydrogen-bond acceptors (Lipinski definition) is 11. The van der Waals surface area contributed by atoms with Crippen LogP contribution in [0.2, 0.25) is 0 Å². The summed E-state index contributed by atoms with van der Waals surface area (Å²) in [5.74, 6) is -1.55. The standard InChI is InChI=1S/C23H21N5O8S/c1-14(21(29)25-23-24-18(13-37-23)15-3-2-4-17(11-15)27(31)32)36-22(30)16-5-6-19(20(12-16)28(33)34)26-7-9-35-10-8-26/h2-6,11-14H,7-10H2,1H3,(H,24,25,29)/t14-/m0/s1. The Kier molecular flexibility index (Phi) is 7.69. The molecule has 1 aliphatic heterocycles. The lowest BCUT2D eigenvalue weighted by atomic mass is 10.1. The molecule has 0 radical (unpaired) electrons. The maximum absolute atomic E-state index is 12.6. The van der Waals surface area contributed by atoms with Crippen LogP contribution in [0.15, 0.2) is 47.8 Å². The van der Waals surface area contributed by atoms with Gasteiger partial charge >= 0.3 is 5.97 Å². The molecular weight excluding hydrogens is 506 g/mol. The van der Waals surface area contributed by atoms with Crippen molar-refractivity contribution in [3.8, 4) is 11.3 Å². The number of morpholine rings is 1. The number of carbonyl (C=O) groups excluding carboxylic acids is 2. The fourth-order valence-electron chi connectivity index (χ4n) is 3.60. The van der Waals surface area contributed by atoms with Crippen molar-refractivity contribution < 1.29 is 28.9 Å². The minimum absolute atomic E-state index is 0.0643. The van der Waals surface area contributed by atoms with E-state index in [-0.39, 0.29) is 22.1 Å². The number of anilines is 2. The molecule has 3 aromatic rings. The molecule has 2 heterocycles. The molecule has 192 valence electrons. The number of hydrogen-bond donors (Lipinski definition) is 1. The zero-order chi connectivity index (χ0) is 26.5. The number of non-ortho nitro benzene ring substituents is 1. The molecule has 1 aromatic heterocycles. The van der Waals surface area contributed by atoms with Crippen LogP contribution in [0.5, 0.6) is 0 Å². The highest BCUT2D eigenvalue weighted by Gasteiger charge is 2.26. The summed E-state index contributed by atoms with van der Waals surface area (Å²) < 4.78 is 10.5. The maximum atomic E-state index is 12.6. The molecule has 1 N–H and O–H groups in total. The van der Waals surface area contributed by atoms with E-state index >= 15 is 0 Å².